The molecule has 18 heavy (non-hydrogen) atoms. The molecule has 0 aliphatic rings. The Morgan fingerprint density at radius 2 is 2.11 bits per heavy atom. The zero-order valence-corrected chi connectivity index (χ0v) is 13.3. The average Bonchev–Trinajstić information content (AvgIpc) is 2.73. The maximum absolute atomic E-state index is 11.7. The van der Waals surface area contributed by atoms with Crippen molar-refractivity contribution in [1.29, 1.82) is 0 Å². The lowest BCUT2D eigenvalue weighted by Crippen LogP contribution is -2.41. The van der Waals surface area contributed by atoms with Crippen molar-refractivity contribution >= 4 is 42.1 Å². The van der Waals surface area contributed by atoms with Crippen LogP contribution in [0.4, 0.5) is 0 Å². The Bertz CT molecular complexity index is 369. The standard InChI is InChI=1S/C11H19N3OS.2ClH/c1-4-8-5-13-9(16-8)6-14-10(15)11(2,3)7-12;;/h5H,4,6-7,12H2,1-3H3,(H,14,15);2*1H. The number of carbonyl (C=O) groups excluding carboxylic acids is 1. The molecule has 4 nitrogen and oxygen atoms in total. The maximum atomic E-state index is 11.7. The summed E-state index contributed by atoms with van der Waals surface area (Å²) >= 11 is 1.64. The Morgan fingerprint density at radius 1 is 1.50 bits per heavy atom. The van der Waals surface area contributed by atoms with E-state index in [0.717, 1.165) is 11.4 Å². The van der Waals surface area contributed by atoms with Crippen LogP contribution in [0.15, 0.2) is 6.20 Å². The molecule has 0 fully saturated rings. The summed E-state index contributed by atoms with van der Waals surface area (Å²) in [6, 6.07) is 0. The molecular formula is C11H21Cl2N3OS. The minimum atomic E-state index is -0.509. The number of hydrogen-bond donors (Lipinski definition) is 2. The Hall–Kier alpha value is -0.360. The van der Waals surface area contributed by atoms with Gasteiger partial charge in [-0.1, -0.05) is 6.92 Å². The summed E-state index contributed by atoms with van der Waals surface area (Å²) < 4.78 is 0. The molecule has 7 heteroatoms. The van der Waals surface area contributed by atoms with E-state index in [1.54, 1.807) is 11.3 Å². The predicted octanol–water partition coefficient (Wildman–Crippen LogP) is 2.15. The number of rotatable bonds is 5. The molecule has 0 bridgehead atoms. The fourth-order valence-corrected chi connectivity index (χ4v) is 1.88. The van der Waals surface area contributed by atoms with Gasteiger partial charge in [-0.2, -0.15) is 0 Å². The summed E-state index contributed by atoms with van der Waals surface area (Å²) in [6.07, 6.45) is 2.85. The van der Waals surface area contributed by atoms with Gasteiger partial charge in [-0.3, -0.25) is 4.79 Å². The van der Waals surface area contributed by atoms with Crippen molar-refractivity contribution in [3.05, 3.63) is 16.1 Å². The largest absolute Gasteiger partial charge is 0.349 e. The van der Waals surface area contributed by atoms with Crippen LogP contribution >= 0.6 is 36.2 Å². The number of aromatic nitrogens is 1. The molecule has 3 N–H and O–H groups in total. The second-order valence-corrected chi connectivity index (χ2v) is 5.54. The van der Waals surface area contributed by atoms with Gasteiger partial charge in [-0.15, -0.1) is 36.2 Å². The summed E-state index contributed by atoms with van der Waals surface area (Å²) in [6.45, 7) is 6.60. The second kappa shape index (κ2) is 8.69. The molecule has 0 saturated carbocycles. The third-order valence-electron chi connectivity index (χ3n) is 2.48. The smallest absolute Gasteiger partial charge is 0.227 e. The number of carbonyl (C=O) groups is 1. The van der Waals surface area contributed by atoms with Crippen LogP contribution in [0.25, 0.3) is 0 Å². The molecule has 0 aliphatic heterocycles. The maximum Gasteiger partial charge on any atom is 0.227 e. The Kier molecular flexibility index (Phi) is 9.64. The quantitative estimate of drug-likeness (QED) is 0.875. The molecule has 0 saturated heterocycles. The summed E-state index contributed by atoms with van der Waals surface area (Å²) in [5, 5.41) is 3.80. The van der Waals surface area contributed by atoms with Gasteiger partial charge >= 0.3 is 0 Å². The van der Waals surface area contributed by atoms with Crippen molar-refractivity contribution in [2.75, 3.05) is 6.54 Å². The number of halogens is 2. The molecule has 0 unspecified atom stereocenters. The van der Waals surface area contributed by atoms with Crippen LogP contribution in [0.1, 0.15) is 30.7 Å². The number of nitrogens with one attached hydrogen (secondary N) is 1. The first-order chi connectivity index (χ1) is 7.49. The van der Waals surface area contributed by atoms with E-state index in [1.165, 1.54) is 4.88 Å². The van der Waals surface area contributed by atoms with Gasteiger partial charge in [-0.25, -0.2) is 4.98 Å². The van der Waals surface area contributed by atoms with E-state index in [0.29, 0.717) is 13.1 Å². The van der Waals surface area contributed by atoms with E-state index >= 15 is 0 Å². The molecule has 0 atom stereocenters. The zero-order chi connectivity index (χ0) is 12.2. The van der Waals surface area contributed by atoms with Crippen molar-refractivity contribution in [1.82, 2.24) is 10.3 Å². The molecule has 1 aromatic heterocycles. The van der Waals surface area contributed by atoms with Crippen LogP contribution in [0.5, 0.6) is 0 Å². The van der Waals surface area contributed by atoms with Gasteiger partial charge < -0.3 is 11.1 Å². The lowest BCUT2D eigenvalue weighted by Gasteiger charge is -2.20. The predicted molar refractivity (Wildman–Crippen MR) is 80.7 cm³/mol. The van der Waals surface area contributed by atoms with Gasteiger partial charge in [0.1, 0.15) is 5.01 Å². The molecule has 0 spiro atoms. The van der Waals surface area contributed by atoms with Gasteiger partial charge in [-0.05, 0) is 20.3 Å². The highest BCUT2D eigenvalue weighted by Crippen LogP contribution is 2.15. The van der Waals surface area contributed by atoms with Gasteiger partial charge in [0.05, 0.1) is 12.0 Å². The zero-order valence-electron chi connectivity index (χ0n) is 10.9. The summed E-state index contributed by atoms with van der Waals surface area (Å²) in [4.78, 5) is 17.2. The second-order valence-electron chi connectivity index (χ2n) is 4.34. The van der Waals surface area contributed by atoms with Crippen LogP contribution in [0, 0.1) is 5.41 Å². The number of aryl methyl sites for hydroxylation is 1. The van der Waals surface area contributed by atoms with Crippen molar-refractivity contribution in [3.8, 4) is 0 Å². The van der Waals surface area contributed by atoms with E-state index in [2.05, 4.69) is 17.2 Å². The molecule has 106 valence electrons. The number of hydrogen-bond acceptors (Lipinski definition) is 4. The van der Waals surface area contributed by atoms with Crippen LogP contribution in [-0.2, 0) is 17.8 Å². The topological polar surface area (TPSA) is 68.0 Å². The molecule has 1 aromatic rings. The summed E-state index contributed by atoms with van der Waals surface area (Å²) in [7, 11) is 0. The fraction of sp³-hybridized carbons (Fsp3) is 0.636. The summed E-state index contributed by atoms with van der Waals surface area (Å²) in [5.41, 5.74) is 5.02. The van der Waals surface area contributed by atoms with Crippen molar-refractivity contribution < 1.29 is 4.79 Å². The van der Waals surface area contributed by atoms with Crippen LogP contribution in [0.2, 0.25) is 0 Å². The van der Waals surface area contributed by atoms with Crippen LogP contribution in [0.3, 0.4) is 0 Å². The molecular weight excluding hydrogens is 293 g/mol. The number of nitrogens with zero attached hydrogens (tertiary/aromatic N) is 1. The number of thiazole rings is 1. The van der Waals surface area contributed by atoms with Crippen molar-refractivity contribution in [2.45, 2.75) is 33.7 Å². The van der Waals surface area contributed by atoms with Crippen LogP contribution < -0.4 is 11.1 Å². The molecule has 1 amide bonds. The van der Waals surface area contributed by atoms with Gasteiger partial charge in [0.15, 0.2) is 0 Å². The fourth-order valence-electron chi connectivity index (χ4n) is 1.08. The first-order valence-electron chi connectivity index (χ1n) is 5.41. The van der Waals surface area contributed by atoms with Gasteiger partial charge in [0.25, 0.3) is 0 Å². The number of amides is 1. The highest BCUT2D eigenvalue weighted by Gasteiger charge is 2.25. The third-order valence-corrected chi connectivity index (χ3v) is 3.62. The molecule has 0 aliphatic carbocycles. The normalized spacial score (nSPS) is 10.2. The van der Waals surface area contributed by atoms with Gasteiger partial charge in [0, 0.05) is 17.6 Å². The average molecular weight is 314 g/mol. The SMILES string of the molecule is CCc1cnc(CNC(=O)C(C)(C)CN)s1.Cl.Cl. The number of nitrogens with two attached hydrogens (primary N) is 1. The molecule has 0 radical (unpaired) electrons. The molecule has 0 aromatic carbocycles. The Balaban J connectivity index is 0. The van der Waals surface area contributed by atoms with Crippen LogP contribution in [-0.4, -0.2) is 17.4 Å². The minimum absolute atomic E-state index is 0. The lowest BCUT2D eigenvalue weighted by molar-refractivity contribution is -0.129. The van der Waals surface area contributed by atoms with E-state index < -0.39 is 5.41 Å². The van der Waals surface area contributed by atoms with Crippen molar-refractivity contribution in [2.24, 2.45) is 11.1 Å². The highest BCUT2D eigenvalue weighted by atomic mass is 35.5. The van der Waals surface area contributed by atoms with E-state index in [4.69, 9.17) is 5.73 Å². The van der Waals surface area contributed by atoms with Crippen molar-refractivity contribution in [3.63, 3.8) is 0 Å². The molecule has 1 rings (SSSR count). The Labute approximate surface area is 125 Å². The van der Waals surface area contributed by atoms with E-state index in [1.807, 2.05) is 20.0 Å². The first-order valence-corrected chi connectivity index (χ1v) is 6.23. The minimum Gasteiger partial charge on any atom is -0.349 e. The summed E-state index contributed by atoms with van der Waals surface area (Å²) in [5.74, 6) is -0.0248. The Morgan fingerprint density at radius 3 is 2.56 bits per heavy atom. The van der Waals surface area contributed by atoms with E-state index in [9.17, 15) is 4.79 Å². The van der Waals surface area contributed by atoms with E-state index in [-0.39, 0.29) is 30.7 Å². The first kappa shape index (κ1) is 20.0. The monoisotopic (exact) mass is 313 g/mol. The lowest BCUT2D eigenvalue weighted by atomic mass is 9.93. The molecule has 1 heterocycles. The highest BCUT2D eigenvalue weighted by molar-refractivity contribution is 7.11. The van der Waals surface area contributed by atoms with Gasteiger partial charge in [0.2, 0.25) is 5.91 Å². The third kappa shape index (κ3) is 5.52.